The van der Waals surface area contributed by atoms with Crippen molar-refractivity contribution in [2.75, 3.05) is 5.32 Å². The van der Waals surface area contributed by atoms with E-state index in [1.54, 1.807) is 24.4 Å². The van der Waals surface area contributed by atoms with Crippen LogP contribution in [0.2, 0.25) is 0 Å². The molecule has 5 heteroatoms. The predicted octanol–water partition coefficient (Wildman–Crippen LogP) is 3.37. The molecule has 0 bridgehead atoms. The van der Waals surface area contributed by atoms with Gasteiger partial charge in [0.05, 0.1) is 23.5 Å². The molecule has 0 unspecified atom stereocenters. The third-order valence-electron chi connectivity index (χ3n) is 3.99. The number of aromatic nitrogens is 1. The maximum absolute atomic E-state index is 12.1. The van der Waals surface area contributed by atoms with Crippen LogP contribution in [-0.2, 0) is 0 Å². The molecule has 1 aromatic heterocycles. The fourth-order valence-corrected chi connectivity index (χ4v) is 2.73. The van der Waals surface area contributed by atoms with Gasteiger partial charge in [-0.3, -0.25) is 4.79 Å². The quantitative estimate of drug-likeness (QED) is 0.908. The third kappa shape index (κ3) is 3.86. The topological polar surface area (TPSA) is 77.8 Å². The minimum absolute atomic E-state index is 0.109. The van der Waals surface area contributed by atoms with Gasteiger partial charge >= 0.3 is 0 Å². The molecule has 5 nitrogen and oxygen atoms in total. The fraction of sp³-hybridized carbons (Fsp3) is 0.278. The second kappa shape index (κ2) is 6.93. The molecule has 1 aliphatic carbocycles. The number of hydrogen-bond donors (Lipinski definition) is 2. The van der Waals surface area contributed by atoms with Crippen LogP contribution >= 0.6 is 0 Å². The number of benzene rings is 1. The lowest BCUT2D eigenvalue weighted by Crippen LogP contribution is -2.33. The van der Waals surface area contributed by atoms with Gasteiger partial charge in [0, 0.05) is 11.7 Å². The van der Waals surface area contributed by atoms with Gasteiger partial charge in [-0.1, -0.05) is 12.8 Å². The fourth-order valence-electron chi connectivity index (χ4n) is 2.73. The zero-order chi connectivity index (χ0) is 16.1. The van der Waals surface area contributed by atoms with Crippen molar-refractivity contribution in [2.24, 2.45) is 0 Å². The number of rotatable bonds is 4. The lowest BCUT2D eigenvalue weighted by Gasteiger charge is -2.11. The minimum Gasteiger partial charge on any atom is -0.354 e. The van der Waals surface area contributed by atoms with E-state index in [0.717, 1.165) is 24.2 Å². The number of carbonyl (C=O) groups excluding carboxylic acids is 1. The first-order valence-electron chi connectivity index (χ1n) is 7.79. The third-order valence-corrected chi connectivity index (χ3v) is 3.99. The average Bonchev–Trinajstić information content (AvgIpc) is 3.09. The Balaban J connectivity index is 1.61. The van der Waals surface area contributed by atoms with E-state index in [9.17, 15) is 4.79 Å². The number of carbonyl (C=O) groups is 1. The van der Waals surface area contributed by atoms with Crippen molar-refractivity contribution in [2.45, 2.75) is 31.7 Å². The summed E-state index contributed by atoms with van der Waals surface area (Å²) >= 11 is 0. The Hall–Kier alpha value is -2.87. The summed E-state index contributed by atoms with van der Waals surface area (Å²) in [6.45, 7) is 0. The molecule has 0 spiro atoms. The zero-order valence-electron chi connectivity index (χ0n) is 12.7. The highest BCUT2D eigenvalue weighted by Gasteiger charge is 2.18. The molecule has 1 fully saturated rings. The van der Waals surface area contributed by atoms with E-state index in [1.165, 1.54) is 12.8 Å². The van der Waals surface area contributed by atoms with Gasteiger partial charge in [0.1, 0.15) is 5.69 Å². The Kier molecular flexibility index (Phi) is 4.53. The van der Waals surface area contributed by atoms with Gasteiger partial charge in [-0.25, -0.2) is 4.98 Å². The van der Waals surface area contributed by atoms with Crippen LogP contribution in [0.4, 0.5) is 11.4 Å². The van der Waals surface area contributed by atoms with Crippen molar-refractivity contribution in [3.8, 4) is 6.07 Å². The van der Waals surface area contributed by atoms with Crippen molar-refractivity contribution in [3.63, 3.8) is 0 Å². The summed E-state index contributed by atoms with van der Waals surface area (Å²) in [5, 5.41) is 15.0. The maximum atomic E-state index is 12.1. The van der Waals surface area contributed by atoms with Crippen molar-refractivity contribution >= 4 is 17.3 Å². The number of pyridine rings is 1. The van der Waals surface area contributed by atoms with E-state index < -0.39 is 0 Å². The van der Waals surface area contributed by atoms with Crippen LogP contribution in [0.15, 0.2) is 42.6 Å². The van der Waals surface area contributed by atoms with Crippen LogP contribution in [0.25, 0.3) is 0 Å². The molecule has 0 aliphatic heterocycles. The van der Waals surface area contributed by atoms with Crippen LogP contribution in [0.1, 0.15) is 41.7 Å². The first kappa shape index (κ1) is 15.0. The smallest absolute Gasteiger partial charge is 0.270 e. The Morgan fingerprint density at radius 2 is 1.78 bits per heavy atom. The van der Waals surface area contributed by atoms with Crippen molar-refractivity contribution in [3.05, 3.63) is 53.9 Å². The van der Waals surface area contributed by atoms with Crippen LogP contribution in [0.5, 0.6) is 0 Å². The summed E-state index contributed by atoms with van der Waals surface area (Å²) in [6, 6.07) is 13.1. The van der Waals surface area contributed by atoms with Crippen molar-refractivity contribution < 1.29 is 4.79 Å². The maximum Gasteiger partial charge on any atom is 0.270 e. The molecule has 0 atom stereocenters. The van der Waals surface area contributed by atoms with Gasteiger partial charge in [-0.2, -0.15) is 5.26 Å². The van der Waals surface area contributed by atoms with Gasteiger partial charge < -0.3 is 10.6 Å². The molecular weight excluding hydrogens is 288 g/mol. The van der Waals surface area contributed by atoms with Gasteiger partial charge in [0.15, 0.2) is 0 Å². The molecule has 116 valence electrons. The predicted molar refractivity (Wildman–Crippen MR) is 88.4 cm³/mol. The summed E-state index contributed by atoms with van der Waals surface area (Å²) < 4.78 is 0. The van der Waals surface area contributed by atoms with Crippen LogP contribution in [0.3, 0.4) is 0 Å². The number of amides is 1. The Bertz CT molecular complexity index is 710. The molecule has 1 saturated carbocycles. The highest BCUT2D eigenvalue weighted by molar-refractivity contribution is 5.92. The van der Waals surface area contributed by atoms with Crippen LogP contribution in [0, 0.1) is 11.3 Å². The molecule has 23 heavy (non-hydrogen) atoms. The first-order chi connectivity index (χ1) is 11.2. The largest absolute Gasteiger partial charge is 0.354 e. The summed E-state index contributed by atoms with van der Waals surface area (Å²) in [5.74, 6) is -0.109. The molecule has 0 saturated heterocycles. The van der Waals surface area contributed by atoms with E-state index in [-0.39, 0.29) is 5.91 Å². The van der Waals surface area contributed by atoms with Gasteiger partial charge in [0.25, 0.3) is 5.91 Å². The molecule has 0 radical (unpaired) electrons. The van der Waals surface area contributed by atoms with E-state index in [1.807, 2.05) is 18.2 Å². The average molecular weight is 306 g/mol. The van der Waals surface area contributed by atoms with E-state index >= 15 is 0 Å². The molecule has 1 aromatic carbocycles. The van der Waals surface area contributed by atoms with Crippen LogP contribution < -0.4 is 10.6 Å². The zero-order valence-corrected chi connectivity index (χ0v) is 12.7. The second-order valence-electron chi connectivity index (χ2n) is 5.70. The Morgan fingerprint density at radius 3 is 2.39 bits per heavy atom. The standard InChI is InChI=1S/C18H18N4O/c19-11-13-5-7-15(8-6-13)21-16-9-10-17(20-12-16)18(23)22-14-3-1-2-4-14/h5-10,12,14,21H,1-4H2,(H,22,23). The van der Waals surface area contributed by atoms with E-state index in [2.05, 4.69) is 21.7 Å². The molecule has 1 aliphatic rings. The Morgan fingerprint density at radius 1 is 1.09 bits per heavy atom. The van der Waals surface area contributed by atoms with Crippen molar-refractivity contribution in [1.82, 2.24) is 10.3 Å². The second-order valence-corrected chi connectivity index (χ2v) is 5.70. The number of anilines is 2. The van der Waals surface area contributed by atoms with Gasteiger partial charge in [-0.05, 0) is 49.2 Å². The normalized spacial score (nSPS) is 14.2. The summed E-state index contributed by atoms with van der Waals surface area (Å²) in [4.78, 5) is 16.3. The van der Waals surface area contributed by atoms with E-state index in [4.69, 9.17) is 5.26 Å². The number of nitriles is 1. The molecule has 3 rings (SSSR count). The molecule has 1 heterocycles. The summed E-state index contributed by atoms with van der Waals surface area (Å²) in [7, 11) is 0. The number of nitrogens with zero attached hydrogens (tertiary/aromatic N) is 2. The monoisotopic (exact) mass is 306 g/mol. The SMILES string of the molecule is N#Cc1ccc(Nc2ccc(C(=O)NC3CCCC3)nc2)cc1. The van der Waals surface area contributed by atoms with E-state index in [0.29, 0.717) is 17.3 Å². The molecular formula is C18H18N4O. The minimum atomic E-state index is -0.109. The van der Waals surface area contributed by atoms with Gasteiger partial charge in [-0.15, -0.1) is 0 Å². The number of hydrogen-bond acceptors (Lipinski definition) is 4. The highest BCUT2D eigenvalue weighted by Crippen LogP contribution is 2.19. The summed E-state index contributed by atoms with van der Waals surface area (Å²) in [6.07, 6.45) is 6.13. The first-order valence-corrected chi connectivity index (χ1v) is 7.79. The molecule has 1 amide bonds. The molecule has 2 aromatic rings. The van der Waals surface area contributed by atoms with Crippen molar-refractivity contribution in [1.29, 1.82) is 5.26 Å². The van der Waals surface area contributed by atoms with Crippen LogP contribution in [-0.4, -0.2) is 16.9 Å². The van der Waals surface area contributed by atoms with Gasteiger partial charge in [0.2, 0.25) is 0 Å². The summed E-state index contributed by atoms with van der Waals surface area (Å²) in [5.41, 5.74) is 2.72. The lowest BCUT2D eigenvalue weighted by molar-refractivity contribution is 0.0933. The lowest BCUT2D eigenvalue weighted by atomic mass is 10.2. The number of nitrogens with one attached hydrogen (secondary N) is 2. The highest BCUT2D eigenvalue weighted by atomic mass is 16.1. The molecule has 2 N–H and O–H groups in total. The Labute approximate surface area is 135 Å².